The summed E-state index contributed by atoms with van der Waals surface area (Å²) in [5.41, 5.74) is 1.33. The molecule has 3 rings (SSSR count). The average Bonchev–Trinajstić information content (AvgIpc) is 3.01. The lowest BCUT2D eigenvalue weighted by molar-refractivity contribution is 0.603. The summed E-state index contributed by atoms with van der Waals surface area (Å²) in [5.74, 6) is 0. The van der Waals surface area contributed by atoms with Gasteiger partial charge in [-0.15, -0.1) is 11.3 Å². The highest BCUT2D eigenvalue weighted by atomic mass is 32.2. The van der Waals surface area contributed by atoms with Gasteiger partial charge in [0.05, 0.1) is 17.6 Å². The molecule has 0 aliphatic rings. The lowest BCUT2D eigenvalue weighted by Crippen LogP contribution is -2.18. The molecule has 0 saturated heterocycles. The highest BCUT2D eigenvalue weighted by Crippen LogP contribution is 2.28. The zero-order chi connectivity index (χ0) is 16.4. The number of thiophene rings is 1. The van der Waals surface area contributed by atoms with Gasteiger partial charge in [-0.25, -0.2) is 13.1 Å². The second-order valence-corrected chi connectivity index (χ2v) is 7.50. The van der Waals surface area contributed by atoms with E-state index in [0.29, 0.717) is 16.9 Å². The first-order chi connectivity index (χ1) is 11.0. The summed E-state index contributed by atoms with van der Waals surface area (Å²) in [6.07, 6.45) is 2.99. The molecule has 0 fully saturated rings. The Hall–Kier alpha value is -2.52. The molecule has 0 aromatic carbocycles. The van der Waals surface area contributed by atoms with E-state index >= 15 is 0 Å². The third-order valence-corrected chi connectivity index (χ3v) is 5.83. The average molecular weight is 348 g/mol. The Morgan fingerprint density at radius 3 is 2.78 bits per heavy atom. The summed E-state index contributed by atoms with van der Waals surface area (Å²) in [5, 5.41) is 5.79. The molecule has 7 nitrogen and oxygen atoms in total. The highest BCUT2D eigenvalue weighted by molar-refractivity contribution is 7.94. The number of nitrogens with one attached hydrogen (secondary N) is 1. The molecule has 118 valence electrons. The van der Waals surface area contributed by atoms with Crippen molar-refractivity contribution in [2.45, 2.75) is 4.21 Å². The maximum Gasteiger partial charge on any atom is 0.271 e. The minimum Gasteiger partial charge on any atom is -0.277 e. The van der Waals surface area contributed by atoms with Crippen LogP contribution in [-0.2, 0) is 17.1 Å². The Kier molecular flexibility index (Phi) is 3.97. The van der Waals surface area contributed by atoms with Crippen molar-refractivity contribution in [2.24, 2.45) is 7.05 Å². The minimum absolute atomic E-state index is 0.159. The molecular weight excluding hydrogens is 336 g/mol. The van der Waals surface area contributed by atoms with Gasteiger partial charge in [0.1, 0.15) is 4.21 Å². The number of aromatic nitrogens is 3. The first-order valence-electron chi connectivity index (χ1n) is 6.52. The van der Waals surface area contributed by atoms with Crippen LogP contribution in [0.4, 0.5) is 5.69 Å². The summed E-state index contributed by atoms with van der Waals surface area (Å²) in [6.45, 7) is 0. The van der Waals surface area contributed by atoms with Crippen LogP contribution in [0.25, 0.3) is 11.3 Å². The van der Waals surface area contributed by atoms with E-state index in [2.05, 4.69) is 14.8 Å². The fourth-order valence-electron chi connectivity index (χ4n) is 1.88. The second kappa shape index (κ2) is 5.94. The lowest BCUT2D eigenvalue weighted by Gasteiger charge is -2.04. The summed E-state index contributed by atoms with van der Waals surface area (Å²) in [4.78, 5) is 15.2. The minimum atomic E-state index is -3.69. The van der Waals surface area contributed by atoms with E-state index in [1.807, 2.05) is 0 Å². The first-order valence-corrected chi connectivity index (χ1v) is 8.88. The molecule has 0 aliphatic heterocycles. The van der Waals surface area contributed by atoms with Crippen LogP contribution in [0.3, 0.4) is 0 Å². The van der Waals surface area contributed by atoms with Gasteiger partial charge in [0.25, 0.3) is 15.6 Å². The van der Waals surface area contributed by atoms with Crippen LogP contribution in [0.1, 0.15) is 0 Å². The lowest BCUT2D eigenvalue weighted by atomic mass is 10.2. The number of anilines is 1. The molecule has 9 heteroatoms. The largest absolute Gasteiger partial charge is 0.277 e. The van der Waals surface area contributed by atoms with Gasteiger partial charge < -0.3 is 0 Å². The third-order valence-electron chi connectivity index (χ3n) is 3.01. The van der Waals surface area contributed by atoms with Crippen LogP contribution >= 0.6 is 11.3 Å². The SMILES string of the molecule is Cn1nc(-c2csc(S(=O)(=O)Nc3cccnc3)c2)ccc1=O. The quantitative estimate of drug-likeness (QED) is 0.774. The van der Waals surface area contributed by atoms with Gasteiger partial charge in [-0.3, -0.25) is 14.5 Å². The van der Waals surface area contributed by atoms with Crippen LogP contribution in [0.15, 0.2) is 57.1 Å². The van der Waals surface area contributed by atoms with Crippen molar-refractivity contribution in [1.82, 2.24) is 14.8 Å². The normalized spacial score (nSPS) is 11.3. The number of rotatable bonds is 4. The predicted octanol–water partition coefficient (Wildman–Crippen LogP) is 1.70. The van der Waals surface area contributed by atoms with Gasteiger partial charge in [-0.2, -0.15) is 5.10 Å². The summed E-state index contributed by atoms with van der Waals surface area (Å²) >= 11 is 1.08. The molecule has 0 amide bonds. The summed E-state index contributed by atoms with van der Waals surface area (Å²) in [7, 11) is -2.15. The second-order valence-electron chi connectivity index (χ2n) is 4.68. The van der Waals surface area contributed by atoms with Crippen LogP contribution in [-0.4, -0.2) is 23.2 Å². The third kappa shape index (κ3) is 3.30. The van der Waals surface area contributed by atoms with E-state index in [-0.39, 0.29) is 9.77 Å². The van der Waals surface area contributed by atoms with Gasteiger partial charge in [0, 0.05) is 30.3 Å². The zero-order valence-electron chi connectivity index (χ0n) is 12.0. The van der Waals surface area contributed by atoms with Gasteiger partial charge in [-0.1, -0.05) is 0 Å². The Morgan fingerprint density at radius 2 is 2.09 bits per heavy atom. The number of pyridine rings is 1. The molecular formula is C14H12N4O3S2. The van der Waals surface area contributed by atoms with Crippen molar-refractivity contribution < 1.29 is 8.42 Å². The number of aryl methyl sites for hydroxylation is 1. The van der Waals surface area contributed by atoms with E-state index in [1.54, 1.807) is 36.8 Å². The zero-order valence-corrected chi connectivity index (χ0v) is 13.6. The standard InChI is InChI=1S/C14H12N4O3S2/c1-18-13(19)5-4-12(16-18)10-7-14(22-9-10)23(20,21)17-11-3-2-6-15-8-11/h2-9,17H,1H3. The van der Waals surface area contributed by atoms with E-state index in [9.17, 15) is 13.2 Å². The molecule has 0 saturated carbocycles. The van der Waals surface area contributed by atoms with Crippen molar-refractivity contribution in [3.05, 3.63) is 58.5 Å². The number of hydrogen-bond donors (Lipinski definition) is 1. The monoisotopic (exact) mass is 348 g/mol. The van der Waals surface area contributed by atoms with Crippen molar-refractivity contribution >= 4 is 27.0 Å². The van der Waals surface area contributed by atoms with E-state index < -0.39 is 10.0 Å². The van der Waals surface area contributed by atoms with Crippen LogP contribution in [0, 0.1) is 0 Å². The Balaban J connectivity index is 1.91. The van der Waals surface area contributed by atoms with Gasteiger partial charge in [-0.05, 0) is 24.3 Å². The van der Waals surface area contributed by atoms with E-state index in [4.69, 9.17) is 0 Å². The van der Waals surface area contributed by atoms with Crippen molar-refractivity contribution in [3.63, 3.8) is 0 Å². The predicted molar refractivity (Wildman–Crippen MR) is 87.8 cm³/mol. The molecule has 0 unspecified atom stereocenters. The van der Waals surface area contributed by atoms with Gasteiger partial charge in [0.2, 0.25) is 0 Å². The van der Waals surface area contributed by atoms with Crippen LogP contribution in [0.5, 0.6) is 0 Å². The fraction of sp³-hybridized carbons (Fsp3) is 0.0714. The van der Waals surface area contributed by atoms with Crippen molar-refractivity contribution in [3.8, 4) is 11.3 Å². The van der Waals surface area contributed by atoms with Crippen molar-refractivity contribution in [1.29, 1.82) is 0 Å². The van der Waals surface area contributed by atoms with E-state index in [0.717, 1.165) is 11.3 Å². The van der Waals surface area contributed by atoms with Crippen LogP contribution < -0.4 is 10.3 Å². The molecule has 23 heavy (non-hydrogen) atoms. The number of sulfonamides is 1. The van der Waals surface area contributed by atoms with Crippen molar-refractivity contribution in [2.75, 3.05) is 4.72 Å². The molecule has 3 heterocycles. The Morgan fingerprint density at radius 1 is 1.26 bits per heavy atom. The van der Waals surface area contributed by atoms with Gasteiger partial charge >= 0.3 is 0 Å². The van der Waals surface area contributed by atoms with Crippen LogP contribution in [0.2, 0.25) is 0 Å². The Bertz CT molecular complexity index is 994. The smallest absolute Gasteiger partial charge is 0.271 e. The molecule has 1 N–H and O–H groups in total. The fourth-order valence-corrected chi connectivity index (χ4v) is 4.09. The molecule has 0 spiro atoms. The number of hydrogen-bond acceptors (Lipinski definition) is 6. The molecule has 0 aliphatic carbocycles. The topological polar surface area (TPSA) is 93.9 Å². The Labute approximate surface area is 136 Å². The molecule has 0 atom stereocenters. The maximum absolute atomic E-state index is 12.4. The highest BCUT2D eigenvalue weighted by Gasteiger charge is 2.18. The summed E-state index contributed by atoms with van der Waals surface area (Å²) < 4.78 is 28.6. The summed E-state index contributed by atoms with van der Waals surface area (Å²) in [6, 6.07) is 7.74. The van der Waals surface area contributed by atoms with E-state index in [1.165, 1.54) is 23.0 Å². The molecule has 3 aromatic heterocycles. The van der Waals surface area contributed by atoms with Gasteiger partial charge in [0.15, 0.2) is 0 Å². The molecule has 3 aromatic rings. The number of nitrogens with zero attached hydrogens (tertiary/aromatic N) is 3. The molecule has 0 radical (unpaired) electrons. The maximum atomic E-state index is 12.4. The first kappa shape index (κ1) is 15.4. The molecule has 0 bridgehead atoms.